The van der Waals surface area contributed by atoms with Crippen LogP contribution in [0.2, 0.25) is 0 Å². The van der Waals surface area contributed by atoms with E-state index in [1.165, 1.54) is 18.7 Å². The van der Waals surface area contributed by atoms with E-state index in [0.29, 0.717) is 11.4 Å². The monoisotopic (exact) mass is 344 g/mol. The first-order chi connectivity index (χ1) is 11.9. The van der Waals surface area contributed by atoms with Crippen LogP contribution in [0.15, 0.2) is 21.9 Å². The van der Waals surface area contributed by atoms with Crippen molar-refractivity contribution in [3.05, 3.63) is 49.8 Å². The van der Waals surface area contributed by atoms with E-state index in [0.717, 1.165) is 25.7 Å². The van der Waals surface area contributed by atoms with E-state index >= 15 is 0 Å². The lowest BCUT2D eigenvalue weighted by atomic mass is 9.96. The van der Waals surface area contributed by atoms with Crippen LogP contribution in [0, 0.1) is 13.8 Å². The molecule has 0 aliphatic heterocycles. The maximum absolute atomic E-state index is 12.9. The number of nitrogens with one attached hydrogen (secondary N) is 2. The number of pyridine rings is 1. The molecule has 3 rings (SSSR count). The van der Waals surface area contributed by atoms with Gasteiger partial charge in [0.1, 0.15) is 11.3 Å². The highest BCUT2D eigenvalue weighted by Gasteiger charge is 2.24. The van der Waals surface area contributed by atoms with Gasteiger partial charge in [-0.3, -0.25) is 19.1 Å². The Hall–Kier alpha value is -2.57. The molecule has 1 aliphatic carbocycles. The largest absolute Gasteiger partial charge is 0.364 e. The van der Waals surface area contributed by atoms with Gasteiger partial charge >= 0.3 is 0 Å². The molecule has 7 heteroatoms. The summed E-state index contributed by atoms with van der Waals surface area (Å²) < 4.78 is 3.55. The molecule has 25 heavy (non-hydrogen) atoms. The first-order valence-corrected chi connectivity index (χ1v) is 8.69. The maximum Gasteiger partial charge on any atom is 0.291 e. The summed E-state index contributed by atoms with van der Waals surface area (Å²) in [5.74, 6) is -0.567. The van der Waals surface area contributed by atoms with Crippen molar-refractivity contribution in [1.82, 2.24) is 14.3 Å². The topological polar surface area (TPSA) is 88.9 Å². The molecular weight excluding hydrogens is 320 g/mol. The standard InChI is InChI=1S/C18H24N4O3/c1-11-9-15(23)14(10-19-11)17(24)20-16-12(2)21(3)22(18(16)25)13-7-5-4-6-8-13/h9-10,13H,4-8H2,1-3H3,(H,19,23)(H,20,24). The third-order valence-electron chi connectivity index (χ3n) is 5.05. The van der Waals surface area contributed by atoms with Crippen molar-refractivity contribution in [2.24, 2.45) is 7.05 Å². The average molecular weight is 344 g/mol. The van der Waals surface area contributed by atoms with Gasteiger partial charge < -0.3 is 10.3 Å². The molecule has 0 bridgehead atoms. The molecule has 1 fully saturated rings. The van der Waals surface area contributed by atoms with E-state index in [4.69, 9.17) is 0 Å². The first kappa shape index (κ1) is 17.3. The van der Waals surface area contributed by atoms with Crippen molar-refractivity contribution < 1.29 is 4.79 Å². The van der Waals surface area contributed by atoms with Gasteiger partial charge in [-0.25, -0.2) is 4.68 Å². The van der Waals surface area contributed by atoms with E-state index in [2.05, 4.69) is 10.3 Å². The van der Waals surface area contributed by atoms with E-state index in [1.54, 1.807) is 18.5 Å². The Kier molecular flexibility index (Phi) is 4.65. The molecule has 2 N–H and O–H groups in total. The summed E-state index contributed by atoms with van der Waals surface area (Å²) in [4.78, 5) is 40.2. The lowest BCUT2D eigenvalue weighted by Crippen LogP contribution is -2.30. The molecule has 0 saturated heterocycles. The number of hydrogen-bond donors (Lipinski definition) is 2. The Morgan fingerprint density at radius 2 is 1.88 bits per heavy atom. The third kappa shape index (κ3) is 3.18. The summed E-state index contributed by atoms with van der Waals surface area (Å²) in [5.41, 5.74) is 1.04. The Morgan fingerprint density at radius 3 is 2.52 bits per heavy atom. The van der Waals surface area contributed by atoms with Crippen molar-refractivity contribution in [1.29, 1.82) is 0 Å². The predicted octanol–water partition coefficient (Wildman–Crippen LogP) is 2.25. The number of nitrogens with zero attached hydrogens (tertiary/aromatic N) is 2. The van der Waals surface area contributed by atoms with Gasteiger partial charge in [-0.2, -0.15) is 0 Å². The smallest absolute Gasteiger partial charge is 0.291 e. The molecule has 2 aromatic heterocycles. The maximum atomic E-state index is 12.9. The number of carbonyl (C=O) groups excluding carboxylic acids is 1. The molecule has 1 saturated carbocycles. The molecule has 0 aromatic carbocycles. The zero-order valence-corrected chi connectivity index (χ0v) is 14.9. The molecule has 0 unspecified atom stereocenters. The normalized spacial score (nSPS) is 15.3. The first-order valence-electron chi connectivity index (χ1n) is 8.69. The molecular formula is C18H24N4O3. The summed E-state index contributed by atoms with van der Waals surface area (Å²) in [6.07, 6.45) is 6.76. The summed E-state index contributed by atoms with van der Waals surface area (Å²) in [6.45, 7) is 3.54. The molecule has 0 spiro atoms. The molecule has 2 aromatic rings. The Morgan fingerprint density at radius 1 is 1.20 bits per heavy atom. The SMILES string of the molecule is Cc1cc(=O)c(C(=O)Nc2c(C)n(C)n(C3CCCCC3)c2=O)c[nH]1. The predicted molar refractivity (Wildman–Crippen MR) is 96.3 cm³/mol. The minimum absolute atomic E-state index is 0.00234. The highest BCUT2D eigenvalue weighted by Crippen LogP contribution is 2.28. The zero-order chi connectivity index (χ0) is 18.1. The lowest BCUT2D eigenvalue weighted by Gasteiger charge is -2.24. The second-order valence-electron chi connectivity index (χ2n) is 6.77. The highest BCUT2D eigenvalue weighted by molar-refractivity contribution is 6.04. The lowest BCUT2D eigenvalue weighted by molar-refractivity contribution is 0.102. The van der Waals surface area contributed by atoms with E-state index < -0.39 is 5.91 Å². The quantitative estimate of drug-likeness (QED) is 0.895. The van der Waals surface area contributed by atoms with Crippen LogP contribution < -0.4 is 16.3 Å². The van der Waals surface area contributed by atoms with Gasteiger partial charge in [-0.05, 0) is 26.7 Å². The summed E-state index contributed by atoms with van der Waals surface area (Å²) in [5, 5.41) is 2.64. The Labute approximate surface area is 145 Å². The van der Waals surface area contributed by atoms with Crippen molar-refractivity contribution >= 4 is 11.6 Å². The van der Waals surface area contributed by atoms with Crippen molar-refractivity contribution in [2.75, 3.05) is 5.32 Å². The van der Waals surface area contributed by atoms with Crippen LogP contribution in [0.1, 0.15) is 59.9 Å². The van der Waals surface area contributed by atoms with Crippen LogP contribution in [-0.2, 0) is 7.05 Å². The number of aromatic nitrogens is 3. The average Bonchev–Trinajstić information content (AvgIpc) is 2.79. The van der Waals surface area contributed by atoms with Crippen LogP contribution in [0.4, 0.5) is 5.69 Å². The van der Waals surface area contributed by atoms with Gasteiger partial charge in [0.25, 0.3) is 11.5 Å². The third-order valence-corrected chi connectivity index (χ3v) is 5.05. The summed E-state index contributed by atoms with van der Waals surface area (Å²) in [6, 6.07) is 1.53. The van der Waals surface area contributed by atoms with Crippen LogP contribution in [0.3, 0.4) is 0 Å². The van der Waals surface area contributed by atoms with Crippen LogP contribution in [0.25, 0.3) is 0 Å². The van der Waals surface area contributed by atoms with Crippen molar-refractivity contribution in [3.63, 3.8) is 0 Å². The van der Waals surface area contributed by atoms with Gasteiger partial charge in [-0.15, -0.1) is 0 Å². The summed E-state index contributed by atoms with van der Waals surface area (Å²) >= 11 is 0. The number of H-pyrrole nitrogens is 1. The van der Waals surface area contributed by atoms with Crippen LogP contribution >= 0.6 is 0 Å². The van der Waals surface area contributed by atoms with Gasteiger partial charge in [0.15, 0.2) is 5.43 Å². The second-order valence-corrected chi connectivity index (χ2v) is 6.77. The van der Waals surface area contributed by atoms with E-state index in [-0.39, 0.29) is 28.3 Å². The van der Waals surface area contributed by atoms with Crippen molar-refractivity contribution in [3.8, 4) is 0 Å². The highest BCUT2D eigenvalue weighted by atomic mass is 16.2. The minimum atomic E-state index is -0.567. The zero-order valence-electron chi connectivity index (χ0n) is 14.9. The van der Waals surface area contributed by atoms with Gasteiger partial charge in [0, 0.05) is 25.0 Å². The molecule has 0 radical (unpaired) electrons. The van der Waals surface area contributed by atoms with Gasteiger partial charge in [-0.1, -0.05) is 19.3 Å². The number of aryl methyl sites for hydroxylation is 1. The van der Waals surface area contributed by atoms with Gasteiger partial charge in [0.05, 0.1) is 11.7 Å². The molecule has 0 atom stereocenters. The molecule has 2 heterocycles. The van der Waals surface area contributed by atoms with Crippen molar-refractivity contribution in [2.45, 2.75) is 52.0 Å². The number of carbonyl (C=O) groups is 1. The van der Waals surface area contributed by atoms with Crippen LogP contribution in [0.5, 0.6) is 0 Å². The Balaban J connectivity index is 1.94. The number of hydrogen-bond acceptors (Lipinski definition) is 3. The number of aromatic amines is 1. The van der Waals surface area contributed by atoms with E-state index in [1.807, 2.05) is 11.7 Å². The van der Waals surface area contributed by atoms with Gasteiger partial charge in [0.2, 0.25) is 0 Å². The minimum Gasteiger partial charge on any atom is -0.364 e. The number of anilines is 1. The number of amides is 1. The fourth-order valence-corrected chi connectivity index (χ4v) is 3.54. The molecule has 7 nitrogen and oxygen atoms in total. The molecule has 1 amide bonds. The van der Waals surface area contributed by atoms with E-state index in [9.17, 15) is 14.4 Å². The fraction of sp³-hybridized carbons (Fsp3) is 0.500. The molecule has 1 aliphatic rings. The summed E-state index contributed by atoms with van der Waals surface area (Å²) in [7, 11) is 1.83. The fourth-order valence-electron chi connectivity index (χ4n) is 3.54. The molecule has 134 valence electrons. The van der Waals surface area contributed by atoms with Crippen LogP contribution in [-0.4, -0.2) is 20.3 Å². The number of rotatable bonds is 3. The second kappa shape index (κ2) is 6.74. The Bertz CT molecular complexity index is 913.